The van der Waals surface area contributed by atoms with Gasteiger partial charge in [0.15, 0.2) is 11.6 Å². The fraction of sp³-hybridized carbons (Fsp3) is 0.278. The molecule has 0 radical (unpaired) electrons. The van der Waals surface area contributed by atoms with Crippen LogP contribution in [0.5, 0.6) is 0 Å². The first-order chi connectivity index (χ1) is 13.4. The Hall–Kier alpha value is -1.49. The molecule has 2 aromatic carbocycles. The molecule has 0 atom stereocenters. The van der Waals surface area contributed by atoms with Crippen LogP contribution < -0.4 is 0 Å². The lowest BCUT2D eigenvalue weighted by Gasteiger charge is -2.14. The Bertz CT molecular complexity index is 1010. The number of aromatic nitrogens is 2. The van der Waals surface area contributed by atoms with Crippen LogP contribution in [0.1, 0.15) is 21.5 Å². The van der Waals surface area contributed by atoms with E-state index < -0.39 is 37.5 Å². The molecule has 28 heavy (non-hydrogen) atoms. The van der Waals surface area contributed by atoms with Crippen molar-refractivity contribution in [1.29, 1.82) is 0 Å². The third kappa shape index (κ3) is 4.56. The molecule has 3 rings (SSSR count). The van der Waals surface area contributed by atoms with E-state index in [4.69, 9.17) is 26.6 Å². The minimum absolute atomic E-state index is 0.0793. The maximum atomic E-state index is 15.1. The lowest BCUT2D eigenvalue weighted by Crippen LogP contribution is -2.25. The first-order valence-corrected chi connectivity index (χ1v) is 10.1. The van der Waals surface area contributed by atoms with Gasteiger partial charge in [-0.2, -0.15) is 0 Å². The van der Waals surface area contributed by atoms with Crippen LogP contribution in [-0.4, -0.2) is 51.5 Å². The first kappa shape index (κ1) is 21.2. The van der Waals surface area contributed by atoms with Gasteiger partial charge in [0.25, 0.3) is 0 Å². The van der Waals surface area contributed by atoms with Crippen molar-refractivity contribution in [2.24, 2.45) is 0 Å². The molecule has 0 unspecified atom stereocenters. The number of benzene rings is 2. The van der Waals surface area contributed by atoms with Crippen molar-refractivity contribution in [3.05, 3.63) is 56.3 Å². The molecule has 0 saturated heterocycles. The molecule has 148 valence electrons. The van der Waals surface area contributed by atoms with Crippen molar-refractivity contribution in [3.8, 4) is 0 Å². The molecule has 0 fully saturated rings. The minimum atomic E-state index is -0.882. The number of carbonyl (C=O) groups excluding carboxylic acids is 1. The summed E-state index contributed by atoms with van der Waals surface area (Å²) in [6.07, 6.45) is -0.803. The van der Waals surface area contributed by atoms with Gasteiger partial charge in [0.1, 0.15) is 18.2 Å². The van der Waals surface area contributed by atoms with Gasteiger partial charge in [-0.05, 0) is 35.3 Å². The molecule has 6 nitrogen and oxygen atoms in total. The second kappa shape index (κ2) is 9.34. The zero-order valence-corrected chi connectivity index (χ0v) is 17.5. The Kier molecular flexibility index (Phi) is 7.08. The first-order valence-electron chi connectivity index (χ1n) is 8.18. The Labute approximate surface area is 177 Å². The molecule has 0 spiro atoms. The summed E-state index contributed by atoms with van der Waals surface area (Å²) in [5.74, 6) is -1.11. The number of fused-ring (bicyclic) bond motifs is 1. The van der Waals surface area contributed by atoms with Crippen LogP contribution in [0.3, 0.4) is 0 Å². The highest BCUT2D eigenvalue weighted by molar-refractivity contribution is 9.10. The molecular formula is C18H15BrClFN2O4S. The summed E-state index contributed by atoms with van der Waals surface area (Å²) in [5.41, 5.74) is 1.01. The third-order valence-corrected chi connectivity index (χ3v) is 5.64. The van der Waals surface area contributed by atoms with Crippen molar-refractivity contribution in [3.63, 3.8) is 0 Å². The number of halogens is 3. The van der Waals surface area contributed by atoms with Crippen molar-refractivity contribution in [2.75, 3.05) is 19.8 Å². The summed E-state index contributed by atoms with van der Waals surface area (Å²) in [7, 11) is 0. The van der Waals surface area contributed by atoms with E-state index in [0.717, 1.165) is 16.0 Å². The SMILES string of the molecule is O=C(COC(CO)CO)c1cc2snnc2c(F)c1Cc1ccc(Br)cc1Cl. The highest BCUT2D eigenvalue weighted by Crippen LogP contribution is 2.30. The number of Topliss-reactive ketones (excluding diaryl/α,β-unsaturated/α-hetero) is 1. The number of nitrogens with zero attached hydrogens (tertiary/aromatic N) is 2. The highest BCUT2D eigenvalue weighted by atomic mass is 79.9. The molecular weight excluding hydrogens is 475 g/mol. The summed E-state index contributed by atoms with van der Waals surface area (Å²) < 4.78 is 25.3. The van der Waals surface area contributed by atoms with Crippen LogP contribution in [0.2, 0.25) is 5.02 Å². The second-order valence-corrected chi connectivity index (χ2v) is 8.08. The topological polar surface area (TPSA) is 92.5 Å². The van der Waals surface area contributed by atoms with Crippen molar-refractivity contribution < 1.29 is 24.1 Å². The van der Waals surface area contributed by atoms with Gasteiger partial charge in [0, 0.05) is 27.0 Å². The number of hydrogen-bond acceptors (Lipinski definition) is 7. The van der Waals surface area contributed by atoms with E-state index in [2.05, 4.69) is 25.5 Å². The number of rotatable bonds is 8. The minimum Gasteiger partial charge on any atom is -0.394 e. The van der Waals surface area contributed by atoms with E-state index >= 15 is 4.39 Å². The quantitative estimate of drug-likeness (QED) is 0.471. The standard InChI is InChI=1S/C18H15BrClFN2O4S/c19-10-2-1-9(14(20)4-10)3-13-12(15(26)8-27-11(6-24)7-25)5-16-18(17(13)21)22-23-28-16/h1-2,4-5,11,24-25H,3,6-8H2. The van der Waals surface area contributed by atoms with E-state index in [9.17, 15) is 4.79 Å². The average Bonchev–Trinajstić information content (AvgIpc) is 3.15. The Morgan fingerprint density at radius 3 is 2.75 bits per heavy atom. The van der Waals surface area contributed by atoms with Crippen LogP contribution in [0.15, 0.2) is 28.7 Å². The molecule has 0 aliphatic heterocycles. The summed E-state index contributed by atoms with van der Waals surface area (Å²) in [4.78, 5) is 12.7. The van der Waals surface area contributed by atoms with Gasteiger partial charge in [0.2, 0.25) is 0 Å². The zero-order valence-electron chi connectivity index (χ0n) is 14.4. The predicted molar refractivity (Wildman–Crippen MR) is 108 cm³/mol. The Morgan fingerprint density at radius 2 is 2.07 bits per heavy atom. The number of carbonyl (C=O) groups is 1. The van der Waals surface area contributed by atoms with E-state index in [0.29, 0.717) is 15.3 Å². The fourth-order valence-electron chi connectivity index (χ4n) is 2.64. The Balaban J connectivity index is 2.00. The molecule has 0 bridgehead atoms. The third-order valence-electron chi connectivity index (χ3n) is 4.13. The summed E-state index contributed by atoms with van der Waals surface area (Å²) in [5, 5.41) is 22.4. The highest BCUT2D eigenvalue weighted by Gasteiger charge is 2.22. The van der Waals surface area contributed by atoms with Gasteiger partial charge >= 0.3 is 0 Å². The van der Waals surface area contributed by atoms with Crippen LogP contribution >= 0.6 is 39.1 Å². The summed E-state index contributed by atoms with van der Waals surface area (Å²) >= 11 is 10.6. The van der Waals surface area contributed by atoms with Crippen LogP contribution in [0.4, 0.5) is 4.39 Å². The van der Waals surface area contributed by atoms with Crippen molar-refractivity contribution in [1.82, 2.24) is 9.59 Å². The maximum Gasteiger partial charge on any atom is 0.188 e. The normalized spacial score (nSPS) is 11.5. The van der Waals surface area contributed by atoms with Crippen LogP contribution in [0.25, 0.3) is 10.2 Å². The van der Waals surface area contributed by atoms with Crippen molar-refractivity contribution >= 4 is 55.1 Å². The molecule has 0 aliphatic rings. The largest absolute Gasteiger partial charge is 0.394 e. The fourth-order valence-corrected chi connectivity index (χ4v) is 3.97. The van der Waals surface area contributed by atoms with Gasteiger partial charge < -0.3 is 14.9 Å². The van der Waals surface area contributed by atoms with E-state index in [1.54, 1.807) is 18.2 Å². The van der Waals surface area contributed by atoms with Crippen LogP contribution in [-0.2, 0) is 11.2 Å². The van der Waals surface area contributed by atoms with Crippen LogP contribution in [0, 0.1) is 5.82 Å². The molecule has 0 amide bonds. The number of ether oxygens (including phenoxy) is 1. The molecule has 0 aliphatic carbocycles. The van der Waals surface area contributed by atoms with Gasteiger partial charge in [-0.25, -0.2) is 4.39 Å². The molecule has 0 saturated carbocycles. The summed E-state index contributed by atoms with van der Waals surface area (Å²) in [6, 6.07) is 6.74. The Morgan fingerprint density at radius 1 is 1.32 bits per heavy atom. The number of ketones is 1. The lowest BCUT2D eigenvalue weighted by molar-refractivity contribution is -0.0132. The van der Waals surface area contributed by atoms with Gasteiger partial charge in [-0.15, -0.1) is 5.10 Å². The molecule has 3 aromatic rings. The average molecular weight is 490 g/mol. The molecule has 1 aromatic heterocycles. The zero-order chi connectivity index (χ0) is 20.3. The number of aliphatic hydroxyl groups excluding tert-OH is 2. The maximum absolute atomic E-state index is 15.1. The van der Waals surface area contributed by atoms with E-state index in [1.165, 1.54) is 6.07 Å². The number of aliphatic hydroxyl groups is 2. The van der Waals surface area contributed by atoms with Gasteiger partial charge in [-0.1, -0.05) is 38.1 Å². The molecule has 10 heteroatoms. The molecule has 1 heterocycles. The van der Waals surface area contributed by atoms with Gasteiger partial charge in [0.05, 0.1) is 17.9 Å². The summed E-state index contributed by atoms with van der Waals surface area (Å²) in [6.45, 7) is -1.28. The lowest BCUT2D eigenvalue weighted by atomic mass is 9.96. The smallest absolute Gasteiger partial charge is 0.188 e. The number of hydrogen-bond donors (Lipinski definition) is 2. The molecule has 2 N–H and O–H groups in total. The van der Waals surface area contributed by atoms with E-state index in [1.807, 2.05) is 0 Å². The van der Waals surface area contributed by atoms with E-state index in [-0.39, 0.29) is 23.1 Å². The predicted octanol–water partition coefficient (Wildman–Crippen LogP) is 3.39. The van der Waals surface area contributed by atoms with Gasteiger partial charge in [-0.3, -0.25) is 4.79 Å². The second-order valence-electron chi connectivity index (χ2n) is 5.97. The monoisotopic (exact) mass is 488 g/mol. The van der Waals surface area contributed by atoms with Crippen molar-refractivity contribution in [2.45, 2.75) is 12.5 Å².